The predicted molar refractivity (Wildman–Crippen MR) is 205 cm³/mol. The number of hydrogen-bond acceptors (Lipinski definition) is 11. The first-order valence-corrected chi connectivity index (χ1v) is 20.5. The largest absolute Gasteiger partial charge is 0.463 e. The number of aliphatic hydroxyl groups excluding tert-OH is 1. The molecule has 2 fully saturated rings. The highest BCUT2D eigenvalue weighted by Crippen LogP contribution is 2.51. The smallest absolute Gasteiger partial charge is 0.349 e. The Balaban J connectivity index is 0.758. The second kappa shape index (κ2) is 14.9. The molecule has 2 N–H and O–H groups in total. The number of aliphatic hydroxyl groups is 2. The number of piperidine rings is 1. The molecule has 10 nitrogen and oxygen atoms in total. The third-order valence-electron chi connectivity index (χ3n) is 11.3. The summed E-state index contributed by atoms with van der Waals surface area (Å²) in [5, 5.41) is 35.1. The topological polar surface area (TPSA) is 119 Å². The van der Waals surface area contributed by atoms with Crippen LogP contribution in [0.4, 0.5) is 0 Å². The van der Waals surface area contributed by atoms with E-state index in [1.807, 2.05) is 59.6 Å². The average molecular weight is 757 g/mol. The number of nitrogens with zero attached hydrogens (tertiary/aromatic N) is 4. The van der Waals surface area contributed by atoms with E-state index in [2.05, 4.69) is 33.4 Å². The van der Waals surface area contributed by atoms with Crippen LogP contribution in [0.15, 0.2) is 71.4 Å². The first-order chi connectivity index (χ1) is 25.6. The third kappa shape index (κ3) is 7.67. The minimum Gasteiger partial charge on any atom is -0.463 e. The number of esters is 1. The van der Waals surface area contributed by atoms with E-state index in [9.17, 15) is 15.0 Å². The molecular formula is C41H48N4O6S2. The van der Waals surface area contributed by atoms with Gasteiger partial charge >= 0.3 is 5.97 Å². The van der Waals surface area contributed by atoms with Gasteiger partial charge in [-0.15, -0.1) is 27.8 Å². The van der Waals surface area contributed by atoms with E-state index < -0.39 is 23.5 Å². The summed E-state index contributed by atoms with van der Waals surface area (Å²) in [6, 6.07) is 19.6. The zero-order valence-electron chi connectivity index (χ0n) is 30.4. The molecule has 3 aliphatic rings. The fourth-order valence-electron chi connectivity index (χ4n) is 8.19. The second-order valence-corrected chi connectivity index (χ2v) is 17.4. The first-order valence-electron chi connectivity index (χ1n) is 18.8. The van der Waals surface area contributed by atoms with E-state index in [0.29, 0.717) is 22.8 Å². The van der Waals surface area contributed by atoms with Crippen molar-refractivity contribution in [1.82, 2.24) is 19.9 Å². The molecule has 1 saturated carbocycles. The number of hydrogen-bond donors (Lipinski definition) is 2. The summed E-state index contributed by atoms with van der Waals surface area (Å²) in [6.07, 6.45) is 6.62. The number of aryl methyl sites for hydroxylation is 2. The molecule has 1 atom stereocenters. The Labute approximate surface area is 318 Å². The Morgan fingerprint density at radius 1 is 1.02 bits per heavy atom. The van der Waals surface area contributed by atoms with Crippen molar-refractivity contribution in [3.8, 4) is 5.75 Å². The number of fused-ring (bicyclic) bond motifs is 2. The molecule has 1 aliphatic carbocycles. The van der Waals surface area contributed by atoms with Gasteiger partial charge in [0.05, 0.1) is 28.0 Å². The van der Waals surface area contributed by atoms with Gasteiger partial charge in [0.2, 0.25) is 11.4 Å². The summed E-state index contributed by atoms with van der Waals surface area (Å²) in [6.45, 7) is 8.18. The van der Waals surface area contributed by atoms with Crippen LogP contribution in [0.2, 0.25) is 0 Å². The van der Waals surface area contributed by atoms with Crippen LogP contribution in [0.3, 0.4) is 0 Å². The Morgan fingerprint density at radius 2 is 1.77 bits per heavy atom. The van der Waals surface area contributed by atoms with Crippen molar-refractivity contribution in [2.75, 3.05) is 19.6 Å². The molecule has 0 bridgehead atoms. The molecule has 12 heteroatoms. The molecular weight excluding hydrogens is 709 g/mol. The summed E-state index contributed by atoms with van der Waals surface area (Å²) in [5.41, 5.74) is 3.50. The maximum absolute atomic E-state index is 13.4. The maximum Gasteiger partial charge on any atom is 0.349 e. The average Bonchev–Trinajstić information content (AvgIpc) is 3.95. The van der Waals surface area contributed by atoms with Crippen LogP contribution >= 0.6 is 22.7 Å². The van der Waals surface area contributed by atoms with Crippen molar-refractivity contribution in [1.29, 1.82) is 0 Å². The van der Waals surface area contributed by atoms with Gasteiger partial charge in [-0.05, 0) is 135 Å². The van der Waals surface area contributed by atoms with Gasteiger partial charge in [0, 0.05) is 26.0 Å². The second-order valence-electron chi connectivity index (χ2n) is 15.5. The monoisotopic (exact) mass is 756 g/mol. The van der Waals surface area contributed by atoms with Crippen LogP contribution in [0.1, 0.15) is 91.3 Å². The van der Waals surface area contributed by atoms with Crippen LogP contribution in [0.5, 0.6) is 5.75 Å². The molecule has 1 saturated heterocycles. The Kier molecular flexibility index (Phi) is 10.2. The van der Waals surface area contributed by atoms with Gasteiger partial charge < -0.3 is 29.3 Å². The molecule has 53 heavy (non-hydrogen) atoms. The van der Waals surface area contributed by atoms with Crippen LogP contribution < -0.4 is 4.74 Å². The minimum absolute atomic E-state index is 0.146. The van der Waals surface area contributed by atoms with Gasteiger partial charge in [0.15, 0.2) is 0 Å². The van der Waals surface area contributed by atoms with Crippen LogP contribution in [0, 0.1) is 5.41 Å². The van der Waals surface area contributed by atoms with E-state index >= 15 is 0 Å². The highest BCUT2D eigenvalue weighted by molar-refractivity contribution is 7.12. The molecule has 2 aromatic carbocycles. The Bertz CT molecular complexity index is 1980. The highest BCUT2D eigenvalue weighted by atomic mass is 32.1. The third-order valence-corrected chi connectivity index (χ3v) is 13.3. The fourth-order valence-corrected chi connectivity index (χ4v) is 9.90. The molecule has 2 aliphatic heterocycles. The molecule has 8 rings (SSSR count). The van der Waals surface area contributed by atoms with Gasteiger partial charge in [-0.2, -0.15) is 0 Å². The first kappa shape index (κ1) is 36.3. The van der Waals surface area contributed by atoms with Crippen molar-refractivity contribution < 1.29 is 29.2 Å². The van der Waals surface area contributed by atoms with Crippen LogP contribution in [-0.2, 0) is 39.4 Å². The Morgan fingerprint density at radius 3 is 2.49 bits per heavy atom. The summed E-state index contributed by atoms with van der Waals surface area (Å²) < 4.78 is 19.6. The van der Waals surface area contributed by atoms with E-state index in [-0.39, 0.29) is 11.5 Å². The molecule has 0 unspecified atom stereocenters. The van der Waals surface area contributed by atoms with Crippen molar-refractivity contribution in [3.05, 3.63) is 97.9 Å². The van der Waals surface area contributed by atoms with E-state index in [1.54, 1.807) is 12.1 Å². The zero-order chi connectivity index (χ0) is 36.6. The summed E-state index contributed by atoms with van der Waals surface area (Å²) in [4.78, 5) is 17.1. The normalized spacial score (nSPS) is 19.1. The summed E-state index contributed by atoms with van der Waals surface area (Å²) in [5.74, 6) is -0.376. The lowest BCUT2D eigenvalue weighted by Gasteiger charge is -2.51. The summed E-state index contributed by atoms with van der Waals surface area (Å²) >= 11 is 2.74. The van der Waals surface area contributed by atoms with Gasteiger partial charge in [-0.25, -0.2) is 9.48 Å². The van der Waals surface area contributed by atoms with E-state index in [1.165, 1.54) is 28.2 Å². The van der Waals surface area contributed by atoms with E-state index in [0.717, 1.165) is 99.0 Å². The highest BCUT2D eigenvalue weighted by Gasteiger charge is 2.51. The lowest BCUT2D eigenvalue weighted by molar-refractivity contribution is -0.182. The number of likely N-dealkylation sites (tertiary alicyclic amines) is 1. The van der Waals surface area contributed by atoms with Gasteiger partial charge in [0.1, 0.15) is 17.4 Å². The van der Waals surface area contributed by atoms with Crippen LogP contribution in [0.25, 0.3) is 11.0 Å². The van der Waals surface area contributed by atoms with Gasteiger partial charge in [-0.1, -0.05) is 29.5 Å². The molecule has 5 heterocycles. The number of benzene rings is 2. The molecule has 280 valence electrons. The number of carbonyl (C=O) groups is 1. The maximum atomic E-state index is 13.4. The summed E-state index contributed by atoms with van der Waals surface area (Å²) in [7, 11) is 0. The van der Waals surface area contributed by atoms with Crippen molar-refractivity contribution in [3.63, 3.8) is 0 Å². The van der Waals surface area contributed by atoms with Crippen molar-refractivity contribution in [2.24, 2.45) is 5.41 Å². The zero-order valence-corrected chi connectivity index (χ0v) is 32.0. The number of carbonyl (C=O) groups excluding carboxylic acids is 1. The number of ether oxygens (including phenoxy) is 3. The number of thiophene rings is 2. The minimum atomic E-state index is -1.74. The lowest BCUT2D eigenvalue weighted by atomic mass is 9.61. The van der Waals surface area contributed by atoms with Crippen molar-refractivity contribution in [2.45, 2.75) is 102 Å². The SMILES string of the molecule is CC1(C)OCc2cc([C@@H](O)CCCc3ccc4c(c3)nnn4CCCN3CCC4(CC3)CC(OC(=O)C(O)(c3cccs3)c3cccs3)C4)ccc2O1. The molecule has 3 aromatic heterocycles. The lowest BCUT2D eigenvalue weighted by Crippen LogP contribution is -2.52. The Hall–Kier alpha value is -3.65. The van der Waals surface area contributed by atoms with Gasteiger partial charge in [0.25, 0.3) is 0 Å². The molecule has 1 spiro atoms. The quantitative estimate of drug-likeness (QED) is 0.119. The predicted octanol–water partition coefficient (Wildman–Crippen LogP) is 7.37. The molecule has 5 aromatic rings. The molecule has 0 radical (unpaired) electrons. The number of rotatable bonds is 13. The molecule has 0 amide bonds. The standard InChI is InChI=1S/C41H48N4O6S2/c1-39(2)49-27-30-24-29(12-14-35(30)51-39)34(46)8-3-7-28-11-13-33-32(23-28)42-43-45(33)18-6-17-44-19-15-40(16-20-44)25-31(26-40)50-38(47)41(48,36-9-4-21-52-36)37-10-5-22-53-37/h4-5,9-14,21-24,31,34,46,48H,3,6-8,15-20,25-27H2,1-2H3/t34-/m0/s1. The fraction of sp³-hybridized carbons (Fsp3) is 0.488. The van der Waals surface area contributed by atoms with Gasteiger partial charge in [-0.3, -0.25) is 0 Å². The van der Waals surface area contributed by atoms with E-state index in [4.69, 9.17) is 14.2 Å². The van der Waals surface area contributed by atoms with Crippen LogP contribution in [-0.4, -0.2) is 67.6 Å². The number of aromatic nitrogens is 3. The van der Waals surface area contributed by atoms with Crippen molar-refractivity contribution >= 4 is 39.7 Å².